The predicted octanol–water partition coefficient (Wildman–Crippen LogP) is 3.53. The minimum absolute atomic E-state index is 0.0716. The maximum atomic E-state index is 12.4. The Bertz CT molecular complexity index is 879. The summed E-state index contributed by atoms with van der Waals surface area (Å²) in [6.07, 6.45) is 2.24. The fourth-order valence-electron chi connectivity index (χ4n) is 3.07. The van der Waals surface area contributed by atoms with Gasteiger partial charge in [-0.15, -0.1) is 11.3 Å². The third kappa shape index (κ3) is 5.70. The summed E-state index contributed by atoms with van der Waals surface area (Å²) in [5, 5.41) is 2.30. The van der Waals surface area contributed by atoms with Gasteiger partial charge in [0, 0.05) is 25.6 Å². The Balaban J connectivity index is 1.37. The van der Waals surface area contributed by atoms with Gasteiger partial charge < -0.3 is 9.64 Å². The second kappa shape index (κ2) is 9.73. The molecule has 1 aromatic heterocycles. The highest BCUT2D eigenvalue weighted by Gasteiger charge is 2.26. The molecule has 1 amide bonds. The van der Waals surface area contributed by atoms with Crippen molar-refractivity contribution in [3.8, 4) is 5.75 Å². The van der Waals surface area contributed by atoms with Crippen molar-refractivity contribution in [3.05, 3.63) is 46.8 Å². The largest absolute Gasteiger partial charge is 0.492 e. The van der Waals surface area contributed by atoms with Gasteiger partial charge >= 0.3 is 0 Å². The van der Waals surface area contributed by atoms with Gasteiger partial charge in [-0.3, -0.25) is 4.79 Å². The lowest BCUT2D eigenvalue weighted by atomic mass is 10.1. The Morgan fingerprint density at radius 3 is 2.64 bits per heavy atom. The van der Waals surface area contributed by atoms with E-state index in [2.05, 4.69) is 4.72 Å². The van der Waals surface area contributed by atoms with Crippen molar-refractivity contribution in [2.24, 2.45) is 0 Å². The van der Waals surface area contributed by atoms with Crippen molar-refractivity contribution in [1.29, 1.82) is 0 Å². The molecule has 1 saturated heterocycles. The molecule has 0 saturated carbocycles. The molecular formula is C19H23ClN2O4S2. The van der Waals surface area contributed by atoms with Crippen molar-refractivity contribution < 1.29 is 17.9 Å². The summed E-state index contributed by atoms with van der Waals surface area (Å²) in [5.74, 6) is 0.692. The van der Waals surface area contributed by atoms with E-state index in [9.17, 15) is 13.2 Å². The lowest BCUT2D eigenvalue weighted by molar-refractivity contribution is -0.132. The quantitative estimate of drug-likeness (QED) is 0.634. The molecule has 152 valence electrons. The molecule has 0 unspecified atom stereocenters. The monoisotopic (exact) mass is 442 g/mol. The molecule has 1 N–H and O–H groups in total. The molecule has 0 bridgehead atoms. The van der Waals surface area contributed by atoms with E-state index in [1.807, 2.05) is 12.1 Å². The zero-order chi connectivity index (χ0) is 20.0. The minimum Gasteiger partial charge on any atom is -0.492 e. The van der Waals surface area contributed by atoms with Crippen LogP contribution in [0.3, 0.4) is 0 Å². The van der Waals surface area contributed by atoms with Crippen molar-refractivity contribution >= 4 is 38.9 Å². The van der Waals surface area contributed by atoms with Crippen LogP contribution in [0.15, 0.2) is 46.0 Å². The summed E-state index contributed by atoms with van der Waals surface area (Å²) >= 11 is 7.23. The first-order valence-corrected chi connectivity index (χ1v) is 11.9. The number of carbonyl (C=O) groups is 1. The third-order valence-electron chi connectivity index (χ3n) is 4.56. The van der Waals surface area contributed by atoms with Gasteiger partial charge in [-0.2, -0.15) is 0 Å². The van der Waals surface area contributed by atoms with E-state index < -0.39 is 10.0 Å². The number of sulfonamides is 1. The van der Waals surface area contributed by atoms with E-state index in [0.717, 1.165) is 0 Å². The number of nitrogens with one attached hydrogen (secondary N) is 1. The predicted molar refractivity (Wildman–Crippen MR) is 110 cm³/mol. The number of para-hydroxylation sites is 1. The van der Waals surface area contributed by atoms with Gasteiger partial charge in [0.15, 0.2) is 0 Å². The van der Waals surface area contributed by atoms with E-state index in [4.69, 9.17) is 16.3 Å². The first-order valence-electron chi connectivity index (χ1n) is 9.16. The van der Waals surface area contributed by atoms with E-state index in [0.29, 0.717) is 60.4 Å². The summed E-state index contributed by atoms with van der Waals surface area (Å²) in [5.41, 5.74) is 0. The van der Waals surface area contributed by atoms with Crippen molar-refractivity contribution in [2.45, 2.75) is 35.9 Å². The molecule has 1 aromatic carbocycles. The van der Waals surface area contributed by atoms with Crippen molar-refractivity contribution in [1.82, 2.24) is 9.62 Å². The van der Waals surface area contributed by atoms with Gasteiger partial charge in [-0.1, -0.05) is 29.8 Å². The van der Waals surface area contributed by atoms with E-state index >= 15 is 0 Å². The van der Waals surface area contributed by atoms with Gasteiger partial charge in [0.05, 0.1) is 11.6 Å². The number of halogens is 1. The molecule has 1 aliphatic heterocycles. The summed E-state index contributed by atoms with van der Waals surface area (Å²) in [6, 6.07) is 10.4. The highest BCUT2D eigenvalue weighted by molar-refractivity contribution is 7.91. The van der Waals surface area contributed by atoms with Crippen molar-refractivity contribution in [2.75, 3.05) is 19.7 Å². The smallest absolute Gasteiger partial charge is 0.250 e. The van der Waals surface area contributed by atoms with Crippen LogP contribution in [0, 0.1) is 0 Å². The number of amides is 1. The first kappa shape index (κ1) is 21.1. The Morgan fingerprint density at radius 2 is 1.96 bits per heavy atom. The van der Waals surface area contributed by atoms with Crippen LogP contribution >= 0.6 is 22.9 Å². The molecule has 3 rings (SSSR count). The van der Waals surface area contributed by atoms with Crippen LogP contribution in [0.1, 0.15) is 25.7 Å². The topological polar surface area (TPSA) is 75.7 Å². The molecule has 1 fully saturated rings. The molecule has 2 aromatic rings. The molecule has 0 aliphatic carbocycles. The SMILES string of the molecule is O=C(CCCOc1ccccc1Cl)N1CCC(NS(=O)(=O)c2cccs2)CC1. The number of hydrogen-bond acceptors (Lipinski definition) is 5. The second-order valence-electron chi connectivity index (χ2n) is 6.59. The maximum absolute atomic E-state index is 12.4. The highest BCUT2D eigenvalue weighted by Crippen LogP contribution is 2.23. The van der Waals surface area contributed by atoms with E-state index in [-0.39, 0.29) is 11.9 Å². The zero-order valence-electron chi connectivity index (χ0n) is 15.3. The van der Waals surface area contributed by atoms with Crippen LogP contribution in [-0.4, -0.2) is 45.0 Å². The third-order valence-corrected chi connectivity index (χ3v) is 7.79. The number of nitrogens with zero attached hydrogens (tertiary/aromatic N) is 1. The van der Waals surface area contributed by atoms with Crippen LogP contribution in [0.5, 0.6) is 5.75 Å². The van der Waals surface area contributed by atoms with Crippen LogP contribution < -0.4 is 9.46 Å². The number of rotatable bonds is 8. The van der Waals surface area contributed by atoms with E-state index in [1.54, 1.807) is 34.5 Å². The Kier molecular flexibility index (Phi) is 7.34. The average Bonchev–Trinajstić information content (AvgIpc) is 3.22. The number of likely N-dealkylation sites (tertiary alicyclic amines) is 1. The molecule has 28 heavy (non-hydrogen) atoms. The van der Waals surface area contributed by atoms with Crippen LogP contribution in [0.2, 0.25) is 5.02 Å². The Morgan fingerprint density at radius 1 is 1.21 bits per heavy atom. The lowest BCUT2D eigenvalue weighted by Gasteiger charge is -2.32. The number of thiophene rings is 1. The van der Waals surface area contributed by atoms with Gasteiger partial charge in [0.1, 0.15) is 9.96 Å². The number of hydrogen-bond donors (Lipinski definition) is 1. The molecule has 6 nitrogen and oxygen atoms in total. The summed E-state index contributed by atoms with van der Waals surface area (Å²) in [4.78, 5) is 14.2. The normalized spacial score (nSPS) is 15.5. The Labute approximate surface area is 174 Å². The molecule has 0 spiro atoms. The molecule has 1 aliphatic rings. The molecule has 0 radical (unpaired) electrons. The molecule has 2 heterocycles. The number of carbonyl (C=O) groups excluding carboxylic acids is 1. The van der Waals surface area contributed by atoms with Gasteiger partial charge in [-0.05, 0) is 42.8 Å². The highest BCUT2D eigenvalue weighted by atomic mass is 35.5. The average molecular weight is 443 g/mol. The molecular weight excluding hydrogens is 420 g/mol. The van der Waals surface area contributed by atoms with Crippen LogP contribution in [0.25, 0.3) is 0 Å². The second-order valence-corrected chi connectivity index (χ2v) is 9.89. The Hall–Kier alpha value is -1.61. The number of piperidine rings is 1. The summed E-state index contributed by atoms with van der Waals surface area (Å²) < 4.78 is 33.2. The number of benzene rings is 1. The van der Waals surface area contributed by atoms with Crippen LogP contribution in [-0.2, 0) is 14.8 Å². The first-order chi connectivity index (χ1) is 13.5. The number of ether oxygens (including phenoxy) is 1. The fraction of sp³-hybridized carbons (Fsp3) is 0.421. The molecule has 0 atom stereocenters. The van der Waals surface area contributed by atoms with Crippen molar-refractivity contribution in [3.63, 3.8) is 0 Å². The fourth-order valence-corrected chi connectivity index (χ4v) is 5.57. The van der Waals surface area contributed by atoms with Crippen LogP contribution in [0.4, 0.5) is 0 Å². The standard InChI is InChI=1S/C19H23ClN2O4S2/c20-16-5-1-2-6-17(16)26-13-3-7-18(23)22-11-9-15(10-12-22)21-28(24,25)19-8-4-14-27-19/h1-2,4-6,8,14-15,21H,3,7,9-13H2. The lowest BCUT2D eigenvalue weighted by Crippen LogP contribution is -2.46. The van der Waals surface area contributed by atoms with Gasteiger partial charge in [0.2, 0.25) is 15.9 Å². The van der Waals surface area contributed by atoms with Gasteiger partial charge in [-0.25, -0.2) is 13.1 Å². The summed E-state index contributed by atoms with van der Waals surface area (Å²) in [6.45, 7) is 1.54. The molecule has 9 heteroatoms. The van der Waals surface area contributed by atoms with E-state index in [1.165, 1.54) is 11.3 Å². The zero-order valence-corrected chi connectivity index (χ0v) is 17.7. The summed E-state index contributed by atoms with van der Waals surface area (Å²) in [7, 11) is -3.46. The van der Waals surface area contributed by atoms with Gasteiger partial charge in [0.25, 0.3) is 0 Å². The minimum atomic E-state index is -3.46. The maximum Gasteiger partial charge on any atom is 0.250 e.